The van der Waals surface area contributed by atoms with Gasteiger partial charge in [0, 0.05) is 12.2 Å². The van der Waals surface area contributed by atoms with Crippen molar-refractivity contribution < 1.29 is 4.79 Å². The molecule has 6 heteroatoms. The predicted molar refractivity (Wildman–Crippen MR) is 74.6 cm³/mol. The predicted octanol–water partition coefficient (Wildman–Crippen LogP) is 2.69. The van der Waals surface area contributed by atoms with Crippen molar-refractivity contribution in [3.63, 3.8) is 0 Å². The summed E-state index contributed by atoms with van der Waals surface area (Å²) in [4.78, 5) is 12.9. The Labute approximate surface area is 116 Å². The van der Waals surface area contributed by atoms with Gasteiger partial charge in [0.25, 0.3) is 0 Å². The zero-order valence-corrected chi connectivity index (χ0v) is 12.3. The Morgan fingerprint density at radius 2 is 2.26 bits per heavy atom. The first-order valence-corrected chi connectivity index (χ1v) is 7.31. The van der Waals surface area contributed by atoms with E-state index in [0.29, 0.717) is 17.3 Å². The third-order valence-electron chi connectivity index (χ3n) is 3.19. The molecule has 0 saturated heterocycles. The normalized spacial score (nSPS) is 12.6. The maximum atomic E-state index is 12.2. The van der Waals surface area contributed by atoms with Crippen LogP contribution in [0.15, 0.2) is 12.3 Å². The Bertz CT molecular complexity index is 560. The average molecular weight is 278 g/mol. The summed E-state index contributed by atoms with van der Waals surface area (Å²) in [6.45, 7) is 6.21. The third kappa shape index (κ3) is 3.07. The fourth-order valence-electron chi connectivity index (χ4n) is 1.80. The van der Waals surface area contributed by atoms with Gasteiger partial charge in [-0.15, -0.1) is 5.10 Å². The Morgan fingerprint density at radius 3 is 2.95 bits per heavy atom. The first-order valence-electron chi connectivity index (χ1n) is 6.54. The molecule has 2 heterocycles. The lowest BCUT2D eigenvalue weighted by Gasteiger charge is -2.07. The highest BCUT2D eigenvalue weighted by atomic mass is 32.1. The lowest BCUT2D eigenvalue weighted by molar-refractivity contribution is 0.0994. The fraction of sp³-hybridized carbons (Fsp3) is 0.538. The zero-order chi connectivity index (χ0) is 13.8. The van der Waals surface area contributed by atoms with E-state index in [4.69, 9.17) is 0 Å². The van der Waals surface area contributed by atoms with Crippen LogP contribution in [0.25, 0.3) is 0 Å². The summed E-state index contributed by atoms with van der Waals surface area (Å²) in [6.07, 6.45) is 4.01. The van der Waals surface area contributed by atoms with Gasteiger partial charge >= 0.3 is 0 Å². The molecule has 0 aromatic carbocycles. The summed E-state index contributed by atoms with van der Waals surface area (Å²) in [5, 5.41) is 8.41. The molecule has 19 heavy (non-hydrogen) atoms. The van der Waals surface area contributed by atoms with E-state index < -0.39 is 0 Å². The molecule has 2 aromatic rings. The van der Waals surface area contributed by atoms with Gasteiger partial charge in [-0.1, -0.05) is 18.3 Å². The molecule has 2 rings (SSSR count). The Balaban J connectivity index is 2.09. The van der Waals surface area contributed by atoms with Crippen molar-refractivity contribution >= 4 is 17.3 Å². The monoisotopic (exact) mass is 278 g/mol. The van der Waals surface area contributed by atoms with Crippen LogP contribution in [0.5, 0.6) is 0 Å². The molecule has 0 amide bonds. The van der Waals surface area contributed by atoms with E-state index >= 15 is 0 Å². The number of hydrogen-bond donors (Lipinski definition) is 0. The molecular formula is C13H18N4OS. The largest absolute Gasteiger partial charge is 0.293 e. The number of aryl methyl sites for hydroxylation is 1. The van der Waals surface area contributed by atoms with Crippen molar-refractivity contribution in [1.82, 2.24) is 19.4 Å². The average Bonchev–Trinajstić information content (AvgIpc) is 3.05. The minimum absolute atomic E-state index is 0.0567. The molecule has 102 valence electrons. The molecule has 0 aliphatic heterocycles. The molecule has 0 radical (unpaired) electrons. The first-order chi connectivity index (χ1) is 9.15. The van der Waals surface area contributed by atoms with E-state index in [0.717, 1.165) is 24.2 Å². The molecule has 0 spiro atoms. The van der Waals surface area contributed by atoms with Gasteiger partial charge in [-0.2, -0.15) is 5.10 Å². The van der Waals surface area contributed by atoms with Gasteiger partial charge in [0.2, 0.25) is 0 Å². The summed E-state index contributed by atoms with van der Waals surface area (Å²) in [5.41, 5.74) is 1.59. The van der Waals surface area contributed by atoms with Crippen LogP contribution < -0.4 is 0 Å². The standard InChI is InChI=1S/C13H18N4OS/c1-4-9(3)17-7-6-10(15-17)8-12(18)13-11(5-2)14-16-19-13/h6-7,9H,4-5,8H2,1-3H3. The number of rotatable bonds is 6. The number of aromatic nitrogens is 4. The molecule has 0 bridgehead atoms. The molecule has 1 atom stereocenters. The number of Topliss-reactive ketones (excluding diaryl/α,β-unsaturated/α-hetero) is 1. The van der Waals surface area contributed by atoms with Gasteiger partial charge in [0.1, 0.15) is 4.88 Å². The second kappa shape index (κ2) is 6.06. The molecular weight excluding hydrogens is 260 g/mol. The van der Waals surface area contributed by atoms with Gasteiger partial charge < -0.3 is 0 Å². The zero-order valence-electron chi connectivity index (χ0n) is 11.5. The number of carbonyl (C=O) groups excluding carboxylic acids is 1. The van der Waals surface area contributed by atoms with E-state index in [1.807, 2.05) is 23.9 Å². The molecule has 5 nitrogen and oxygen atoms in total. The maximum Gasteiger partial charge on any atom is 0.182 e. The third-order valence-corrected chi connectivity index (χ3v) is 4.00. The molecule has 0 fully saturated rings. The van der Waals surface area contributed by atoms with Crippen LogP contribution in [0, 0.1) is 0 Å². The van der Waals surface area contributed by atoms with Crippen molar-refractivity contribution in [2.24, 2.45) is 0 Å². The Kier molecular flexibility index (Phi) is 4.42. The second-order valence-corrected chi connectivity index (χ2v) is 5.30. The summed E-state index contributed by atoms with van der Waals surface area (Å²) in [6, 6.07) is 2.27. The number of carbonyl (C=O) groups is 1. The van der Waals surface area contributed by atoms with E-state index in [-0.39, 0.29) is 5.78 Å². The Hall–Kier alpha value is -1.56. The molecule has 0 aliphatic rings. The van der Waals surface area contributed by atoms with Crippen molar-refractivity contribution in [2.45, 2.75) is 46.1 Å². The molecule has 0 N–H and O–H groups in total. The molecule has 0 saturated carbocycles. The van der Waals surface area contributed by atoms with Crippen LogP contribution in [0.2, 0.25) is 0 Å². The van der Waals surface area contributed by atoms with Crippen LogP contribution in [0.3, 0.4) is 0 Å². The van der Waals surface area contributed by atoms with Crippen LogP contribution in [-0.4, -0.2) is 25.2 Å². The van der Waals surface area contributed by atoms with E-state index in [2.05, 4.69) is 28.5 Å². The summed E-state index contributed by atoms with van der Waals surface area (Å²) >= 11 is 1.17. The molecule has 2 aromatic heterocycles. The van der Waals surface area contributed by atoms with Crippen molar-refractivity contribution in [3.05, 3.63) is 28.5 Å². The van der Waals surface area contributed by atoms with Gasteiger partial charge in [-0.05, 0) is 37.4 Å². The lowest BCUT2D eigenvalue weighted by atomic mass is 10.1. The van der Waals surface area contributed by atoms with Gasteiger partial charge in [0.15, 0.2) is 5.78 Å². The van der Waals surface area contributed by atoms with E-state index in [1.165, 1.54) is 11.5 Å². The van der Waals surface area contributed by atoms with E-state index in [9.17, 15) is 4.79 Å². The lowest BCUT2D eigenvalue weighted by Crippen LogP contribution is -2.08. The van der Waals surface area contributed by atoms with Crippen LogP contribution >= 0.6 is 11.5 Å². The first kappa shape index (κ1) is 13.9. The smallest absolute Gasteiger partial charge is 0.182 e. The van der Waals surface area contributed by atoms with Crippen LogP contribution in [0.4, 0.5) is 0 Å². The summed E-state index contributed by atoms with van der Waals surface area (Å²) in [5.74, 6) is 0.0567. The summed E-state index contributed by atoms with van der Waals surface area (Å²) < 4.78 is 5.76. The van der Waals surface area contributed by atoms with E-state index in [1.54, 1.807) is 0 Å². The number of ketones is 1. The molecule has 0 aliphatic carbocycles. The highest BCUT2D eigenvalue weighted by molar-refractivity contribution is 7.08. The Morgan fingerprint density at radius 1 is 1.47 bits per heavy atom. The van der Waals surface area contributed by atoms with Crippen LogP contribution in [-0.2, 0) is 12.8 Å². The topological polar surface area (TPSA) is 60.7 Å². The SMILES string of the molecule is CCc1nnsc1C(=O)Cc1ccn(C(C)CC)n1. The fourth-order valence-corrected chi connectivity index (χ4v) is 2.49. The van der Waals surface area contributed by atoms with Crippen molar-refractivity contribution in [2.75, 3.05) is 0 Å². The number of nitrogens with zero attached hydrogens (tertiary/aromatic N) is 4. The highest BCUT2D eigenvalue weighted by Crippen LogP contribution is 2.15. The summed E-state index contributed by atoms with van der Waals surface area (Å²) in [7, 11) is 0. The minimum atomic E-state index is 0.0567. The van der Waals surface area contributed by atoms with Crippen molar-refractivity contribution in [1.29, 1.82) is 0 Å². The molecule has 1 unspecified atom stereocenters. The maximum absolute atomic E-state index is 12.2. The van der Waals surface area contributed by atoms with Gasteiger partial charge in [-0.3, -0.25) is 9.48 Å². The van der Waals surface area contributed by atoms with Gasteiger partial charge in [0.05, 0.1) is 17.8 Å². The van der Waals surface area contributed by atoms with Crippen LogP contribution in [0.1, 0.15) is 54.3 Å². The second-order valence-electron chi connectivity index (χ2n) is 4.55. The quantitative estimate of drug-likeness (QED) is 0.762. The van der Waals surface area contributed by atoms with Crippen molar-refractivity contribution in [3.8, 4) is 0 Å². The minimum Gasteiger partial charge on any atom is -0.293 e. The highest BCUT2D eigenvalue weighted by Gasteiger charge is 2.17. The van der Waals surface area contributed by atoms with Gasteiger partial charge in [-0.25, -0.2) is 0 Å². The number of hydrogen-bond acceptors (Lipinski definition) is 5.